The fourth-order valence-corrected chi connectivity index (χ4v) is 2.13. The average molecular weight is 323 g/mol. The first kappa shape index (κ1) is 15.4. The summed E-state index contributed by atoms with van der Waals surface area (Å²) in [5, 5.41) is 9.84. The van der Waals surface area contributed by atoms with Gasteiger partial charge in [-0.05, 0) is 48.9 Å². The van der Waals surface area contributed by atoms with E-state index in [1.807, 2.05) is 6.92 Å². The molecule has 3 nitrogen and oxygen atoms in total. The topological polar surface area (TPSA) is 46.5 Å². The van der Waals surface area contributed by atoms with Crippen molar-refractivity contribution >= 4 is 35.2 Å². The summed E-state index contributed by atoms with van der Waals surface area (Å²) in [6.07, 6.45) is 2.50. The Balaban J connectivity index is 2.38. The van der Waals surface area contributed by atoms with E-state index in [4.69, 9.17) is 33.0 Å². The third-order valence-corrected chi connectivity index (χ3v) is 3.21. The molecule has 0 bridgehead atoms. The standard InChI is InChI=1S/C16H12Cl2O3/c1-10-8-12(17)5-6-14(10)21-15-9-13(18)4-2-11(15)3-7-16(19)20/h2-9H,1H3,(H,19,20)/b7-3+. The van der Waals surface area contributed by atoms with Crippen LogP contribution in [0.4, 0.5) is 0 Å². The quantitative estimate of drug-likeness (QED) is 0.787. The first-order chi connectivity index (χ1) is 9.95. The molecule has 5 heteroatoms. The largest absolute Gasteiger partial charge is 0.478 e. The van der Waals surface area contributed by atoms with E-state index in [9.17, 15) is 4.79 Å². The van der Waals surface area contributed by atoms with Crippen LogP contribution in [0.5, 0.6) is 11.5 Å². The molecule has 1 N–H and O–H groups in total. The first-order valence-corrected chi connectivity index (χ1v) is 6.86. The van der Waals surface area contributed by atoms with Crippen LogP contribution in [-0.4, -0.2) is 11.1 Å². The van der Waals surface area contributed by atoms with Crippen molar-refractivity contribution in [2.24, 2.45) is 0 Å². The summed E-state index contributed by atoms with van der Waals surface area (Å²) in [4.78, 5) is 10.6. The number of ether oxygens (including phenoxy) is 1. The van der Waals surface area contributed by atoms with Gasteiger partial charge < -0.3 is 9.84 Å². The van der Waals surface area contributed by atoms with Gasteiger partial charge in [-0.25, -0.2) is 4.79 Å². The molecule has 0 unspecified atom stereocenters. The minimum Gasteiger partial charge on any atom is -0.478 e. The summed E-state index contributed by atoms with van der Waals surface area (Å²) in [5.41, 5.74) is 1.49. The molecule has 2 aromatic carbocycles. The molecule has 0 spiro atoms. The molecule has 0 atom stereocenters. The van der Waals surface area contributed by atoms with Crippen molar-refractivity contribution in [2.75, 3.05) is 0 Å². The predicted molar refractivity (Wildman–Crippen MR) is 84.4 cm³/mol. The van der Waals surface area contributed by atoms with Crippen molar-refractivity contribution in [3.63, 3.8) is 0 Å². The van der Waals surface area contributed by atoms with E-state index in [2.05, 4.69) is 0 Å². The van der Waals surface area contributed by atoms with Gasteiger partial charge in [-0.1, -0.05) is 23.2 Å². The summed E-state index contributed by atoms with van der Waals surface area (Å²) in [7, 11) is 0. The Morgan fingerprint density at radius 3 is 2.43 bits per heavy atom. The summed E-state index contributed by atoms with van der Waals surface area (Å²) in [6.45, 7) is 1.87. The summed E-state index contributed by atoms with van der Waals surface area (Å²) in [6, 6.07) is 10.3. The smallest absolute Gasteiger partial charge is 0.328 e. The molecule has 108 valence electrons. The molecule has 0 fully saturated rings. The number of hydrogen-bond donors (Lipinski definition) is 1. The van der Waals surface area contributed by atoms with Crippen LogP contribution < -0.4 is 4.74 Å². The van der Waals surface area contributed by atoms with Gasteiger partial charge in [0.15, 0.2) is 0 Å². The number of halogens is 2. The Labute approximate surface area is 132 Å². The molecule has 0 saturated heterocycles. The predicted octanol–water partition coefficient (Wildman–Crippen LogP) is 5.19. The third kappa shape index (κ3) is 4.25. The molecule has 0 saturated carbocycles. The molecule has 2 rings (SSSR count). The molecular weight excluding hydrogens is 311 g/mol. The highest BCUT2D eigenvalue weighted by Gasteiger charge is 2.07. The molecule has 0 aliphatic carbocycles. The van der Waals surface area contributed by atoms with E-state index >= 15 is 0 Å². The van der Waals surface area contributed by atoms with Crippen LogP contribution in [0.25, 0.3) is 6.08 Å². The number of rotatable bonds is 4. The van der Waals surface area contributed by atoms with Crippen LogP contribution in [0.15, 0.2) is 42.5 Å². The normalized spacial score (nSPS) is 10.8. The van der Waals surface area contributed by atoms with Crippen molar-refractivity contribution in [1.82, 2.24) is 0 Å². The molecule has 2 aromatic rings. The Hall–Kier alpha value is -1.97. The Bertz CT molecular complexity index is 709. The Morgan fingerprint density at radius 1 is 1.10 bits per heavy atom. The van der Waals surface area contributed by atoms with Gasteiger partial charge in [0, 0.05) is 27.8 Å². The highest BCUT2D eigenvalue weighted by Crippen LogP contribution is 2.32. The number of aliphatic carboxylic acids is 1. The zero-order valence-electron chi connectivity index (χ0n) is 11.1. The molecule has 0 aromatic heterocycles. The lowest BCUT2D eigenvalue weighted by molar-refractivity contribution is -0.131. The molecule has 0 aliphatic heterocycles. The van der Waals surface area contributed by atoms with Gasteiger partial charge in [-0.3, -0.25) is 0 Å². The van der Waals surface area contributed by atoms with E-state index in [-0.39, 0.29) is 0 Å². The van der Waals surface area contributed by atoms with Gasteiger partial charge in [0.2, 0.25) is 0 Å². The number of aryl methyl sites for hydroxylation is 1. The molecular formula is C16H12Cl2O3. The lowest BCUT2D eigenvalue weighted by atomic mass is 10.1. The number of benzene rings is 2. The second-order valence-corrected chi connectivity index (χ2v) is 5.24. The monoisotopic (exact) mass is 322 g/mol. The summed E-state index contributed by atoms with van der Waals surface area (Å²) < 4.78 is 5.82. The number of hydrogen-bond acceptors (Lipinski definition) is 2. The molecule has 0 aliphatic rings. The highest BCUT2D eigenvalue weighted by molar-refractivity contribution is 6.31. The second-order valence-electron chi connectivity index (χ2n) is 4.37. The fraction of sp³-hybridized carbons (Fsp3) is 0.0625. The highest BCUT2D eigenvalue weighted by atomic mass is 35.5. The van der Waals surface area contributed by atoms with Gasteiger partial charge in [0.1, 0.15) is 11.5 Å². The van der Waals surface area contributed by atoms with Crippen LogP contribution in [0.2, 0.25) is 10.0 Å². The number of carbonyl (C=O) groups is 1. The first-order valence-electron chi connectivity index (χ1n) is 6.10. The van der Waals surface area contributed by atoms with Crippen molar-refractivity contribution in [2.45, 2.75) is 6.92 Å². The fourth-order valence-electron chi connectivity index (χ4n) is 1.74. The average Bonchev–Trinajstić information content (AvgIpc) is 2.41. The van der Waals surface area contributed by atoms with Gasteiger partial charge in [-0.15, -0.1) is 0 Å². The molecule has 21 heavy (non-hydrogen) atoms. The van der Waals surface area contributed by atoms with Gasteiger partial charge >= 0.3 is 5.97 Å². The molecule has 0 amide bonds. The Morgan fingerprint density at radius 2 is 1.76 bits per heavy atom. The van der Waals surface area contributed by atoms with E-state index in [0.29, 0.717) is 27.1 Å². The van der Waals surface area contributed by atoms with Crippen molar-refractivity contribution in [3.8, 4) is 11.5 Å². The van der Waals surface area contributed by atoms with E-state index < -0.39 is 5.97 Å². The number of carboxylic acids is 1. The van der Waals surface area contributed by atoms with E-state index in [0.717, 1.165) is 11.6 Å². The molecule has 0 heterocycles. The zero-order valence-corrected chi connectivity index (χ0v) is 12.7. The summed E-state index contributed by atoms with van der Waals surface area (Å²) >= 11 is 11.9. The van der Waals surface area contributed by atoms with Crippen LogP contribution in [-0.2, 0) is 4.79 Å². The van der Waals surface area contributed by atoms with E-state index in [1.54, 1.807) is 36.4 Å². The third-order valence-electron chi connectivity index (χ3n) is 2.74. The minimum atomic E-state index is -1.03. The van der Waals surface area contributed by atoms with Crippen LogP contribution >= 0.6 is 23.2 Å². The minimum absolute atomic E-state index is 0.477. The van der Waals surface area contributed by atoms with Gasteiger partial charge in [0.05, 0.1) is 0 Å². The second kappa shape index (κ2) is 6.66. The van der Waals surface area contributed by atoms with Crippen LogP contribution in [0.3, 0.4) is 0 Å². The Kier molecular flexibility index (Phi) is 4.89. The molecule has 0 radical (unpaired) electrons. The van der Waals surface area contributed by atoms with Crippen molar-refractivity contribution in [1.29, 1.82) is 0 Å². The van der Waals surface area contributed by atoms with Gasteiger partial charge in [0.25, 0.3) is 0 Å². The zero-order chi connectivity index (χ0) is 15.4. The number of carboxylic acid groups (broad SMARTS) is 1. The maximum absolute atomic E-state index is 10.6. The lowest BCUT2D eigenvalue weighted by Gasteiger charge is -2.11. The van der Waals surface area contributed by atoms with Crippen molar-refractivity contribution < 1.29 is 14.6 Å². The van der Waals surface area contributed by atoms with Crippen LogP contribution in [0, 0.1) is 6.92 Å². The van der Waals surface area contributed by atoms with Crippen LogP contribution in [0.1, 0.15) is 11.1 Å². The van der Waals surface area contributed by atoms with Crippen molar-refractivity contribution in [3.05, 3.63) is 63.6 Å². The summed E-state index contributed by atoms with van der Waals surface area (Å²) in [5.74, 6) is 0.0793. The SMILES string of the molecule is Cc1cc(Cl)ccc1Oc1cc(Cl)ccc1/C=C/C(=O)O. The maximum atomic E-state index is 10.6. The maximum Gasteiger partial charge on any atom is 0.328 e. The van der Waals surface area contributed by atoms with Gasteiger partial charge in [-0.2, -0.15) is 0 Å². The van der Waals surface area contributed by atoms with E-state index in [1.165, 1.54) is 6.08 Å². The lowest BCUT2D eigenvalue weighted by Crippen LogP contribution is -1.91.